The molecule has 3 nitrogen and oxygen atoms in total. The van der Waals surface area contributed by atoms with Crippen molar-refractivity contribution < 1.29 is 4.52 Å². The van der Waals surface area contributed by atoms with Crippen molar-refractivity contribution in [3.05, 3.63) is 17.5 Å². The SMILES string of the molecule is Cc1cc(C(C)(C)CCN)no1. The standard InChI is InChI=1S/C9H16N2O/c1-7-6-8(11-12-7)9(2,3)4-5-10/h6H,4-5,10H2,1-3H3. The van der Waals surface area contributed by atoms with Gasteiger partial charge in [-0.25, -0.2) is 0 Å². The van der Waals surface area contributed by atoms with Crippen LogP contribution in [0.5, 0.6) is 0 Å². The van der Waals surface area contributed by atoms with E-state index in [2.05, 4.69) is 19.0 Å². The van der Waals surface area contributed by atoms with Gasteiger partial charge < -0.3 is 10.3 Å². The lowest BCUT2D eigenvalue weighted by molar-refractivity contribution is 0.364. The van der Waals surface area contributed by atoms with Crippen molar-refractivity contribution in [2.75, 3.05) is 6.54 Å². The molecule has 0 unspecified atom stereocenters. The smallest absolute Gasteiger partial charge is 0.133 e. The van der Waals surface area contributed by atoms with E-state index >= 15 is 0 Å². The quantitative estimate of drug-likeness (QED) is 0.746. The highest BCUT2D eigenvalue weighted by Crippen LogP contribution is 2.25. The van der Waals surface area contributed by atoms with Crippen LogP contribution in [0.1, 0.15) is 31.7 Å². The molecule has 0 aliphatic heterocycles. The molecule has 0 fully saturated rings. The summed E-state index contributed by atoms with van der Waals surface area (Å²) in [6, 6.07) is 1.97. The third-order valence-electron chi connectivity index (χ3n) is 2.09. The summed E-state index contributed by atoms with van der Waals surface area (Å²) in [5, 5.41) is 3.98. The number of hydrogen-bond acceptors (Lipinski definition) is 3. The molecule has 0 spiro atoms. The monoisotopic (exact) mass is 168 g/mol. The molecule has 1 rings (SSSR count). The topological polar surface area (TPSA) is 52.0 Å². The zero-order chi connectivity index (χ0) is 9.19. The van der Waals surface area contributed by atoms with Gasteiger partial charge in [-0.05, 0) is 19.9 Å². The van der Waals surface area contributed by atoms with Crippen LogP contribution in [-0.2, 0) is 5.41 Å². The lowest BCUT2D eigenvalue weighted by atomic mass is 9.86. The van der Waals surface area contributed by atoms with Gasteiger partial charge in [-0.3, -0.25) is 0 Å². The second kappa shape index (κ2) is 3.27. The largest absolute Gasteiger partial charge is 0.361 e. The highest BCUT2D eigenvalue weighted by molar-refractivity contribution is 5.14. The lowest BCUT2D eigenvalue weighted by Crippen LogP contribution is -2.21. The van der Waals surface area contributed by atoms with Crippen LogP contribution >= 0.6 is 0 Å². The average molecular weight is 168 g/mol. The van der Waals surface area contributed by atoms with Gasteiger partial charge in [0.25, 0.3) is 0 Å². The molecule has 68 valence electrons. The van der Waals surface area contributed by atoms with E-state index in [9.17, 15) is 0 Å². The van der Waals surface area contributed by atoms with Crippen molar-refractivity contribution in [2.45, 2.75) is 32.6 Å². The maximum atomic E-state index is 5.50. The summed E-state index contributed by atoms with van der Waals surface area (Å²) in [7, 11) is 0. The van der Waals surface area contributed by atoms with Gasteiger partial charge in [-0.15, -0.1) is 0 Å². The first-order valence-electron chi connectivity index (χ1n) is 4.20. The molecule has 0 radical (unpaired) electrons. The Balaban J connectivity index is 2.81. The highest BCUT2D eigenvalue weighted by atomic mass is 16.5. The van der Waals surface area contributed by atoms with E-state index in [-0.39, 0.29) is 5.41 Å². The van der Waals surface area contributed by atoms with Gasteiger partial charge in [0.1, 0.15) is 5.76 Å². The number of rotatable bonds is 3. The molecule has 1 aromatic rings. The average Bonchev–Trinajstić information content (AvgIpc) is 2.36. The van der Waals surface area contributed by atoms with Gasteiger partial charge in [-0.2, -0.15) is 0 Å². The molecule has 3 heteroatoms. The Morgan fingerprint density at radius 2 is 2.25 bits per heavy atom. The van der Waals surface area contributed by atoms with E-state index < -0.39 is 0 Å². The molecular weight excluding hydrogens is 152 g/mol. The molecular formula is C9H16N2O. The number of aromatic nitrogens is 1. The molecule has 0 saturated heterocycles. The summed E-state index contributed by atoms with van der Waals surface area (Å²) >= 11 is 0. The Morgan fingerprint density at radius 3 is 2.67 bits per heavy atom. The minimum Gasteiger partial charge on any atom is -0.361 e. The molecule has 1 heterocycles. The van der Waals surface area contributed by atoms with Crippen LogP contribution in [-0.4, -0.2) is 11.7 Å². The fourth-order valence-corrected chi connectivity index (χ4v) is 1.17. The highest BCUT2D eigenvalue weighted by Gasteiger charge is 2.23. The maximum absolute atomic E-state index is 5.50. The van der Waals surface area contributed by atoms with Crippen LogP contribution in [0.3, 0.4) is 0 Å². The molecule has 0 bridgehead atoms. The summed E-state index contributed by atoms with van der Waals surface area (Å²) in [4.78, 5) is 0. The van der Waals surface area contributed by atoms with E-state index in [1.54, 1.807) is 0 Å². The predicted molar refractivity (Wildman–Crippen MR) is 47.9 cm³/mol. The normalized spacial score (nSPS) is 12.0. The van der Waals surface area contributed by atoms with Crippen molar-refractivity contribution >= 4 is 0 Å². The summed E-state index contributed by atoms with van der Waals surface area (Å²) in [5.74, 6) is 0.857. The zero-order valence-corrected chi connectivity index (χ0v) is 7.92. The van der Waals surface area contributed by atoms with Crippen LogP contribution < -0.4 is 5.73 Å². The number of aryl methyl sites for hydroxylation is 1. The zero-order valence-electron chi connectivity index (χ0n) is 7.92. The number of hydrogen-bond donors (Lipinski definition) is 1. The van der Waals surface area contributed by atoms with Crippen LogP contribution in [0.4, 0.5) is 0 Å². The molecule has 0 atom stereocenters. The maximum Gasteiger partial charge on any atom is 0.133 e. The van der Waals surface area contributed by atoms with Gasteiger partial charge in [0.05, 0.1) is 5.69 Å². The fourth-order valence-electron chi connectivity index (χ4n) is 1.17. The molecule has 0 saturated carbocycles. The Bertz CT molecular complexity index is 253. The van der Waals surface area contributed by atoms with Crippen LogP contribution in [0, 0.1) is 6.92 Å². The minimum absolute atomic E-state index is 0.0342. The summed E-state index contributed by atoms with van der Waals surface area (Å²) < 4.78 is 5.01. The van der Waals surface area contributed by atoms with E-state index in [1.807, 2.05) is 13.0 Å². The Morgan fingerprint density at radius 1 is 1.58 bits per heavy atom. The summed E-state index contributed by atoms with van der Waals surface area (Å²) in [5.41, 5.74) is 6.53. The van der Waals surface area contributed by atoms with Gasteiger partial charge in [0, 0.05) is 11.5 Å². The summed E-state index contributed by atoms with van der Waals surface area (Å²) in [6.07, 6.45) is 0.930. The summed E-state index contributed by atoms with van der Waals surface area (Å²) in [6.45, 7) is 6.82. The Hall–Kier alpha value is -0.830. The molecule has 2 N–H and O–H groups in total. The van der Waals surface area contributed by atoms with Crippen LogP contribution in [0.15, 0.2) is 10.6 Å². The molecule has 1 aromatic heterocycles. The van der Waals surface area contributed by atoms with E-state index in [4.69, 9.17) is 10.3 Å². The molecule has 0 aliphatic rings. The van der Waals surface area contributed by atoms with Crippen molar-refractivity contribution in [1.29, 1.82) is 0 Å². The van der Waals surface area contributed by atoms with Gasteiger partial charge in [-0.1, -0.05) is 19.0 Å². The van der Waals surface area contributed by atoms with Crippen LogP contribution in [0.2, 0.25) is 0 Å². The lowest BCUT2D eigenvalue weighted by Gasteiger charge is -2.19. The number of nitrogens with two attached hydrogens (primary N) is 1. The first-order valence-corrected chi connectivity index (χ1v) is 4.20. The molecule has 12 heavy (non-hydrogen) atoms. The van der Waals surface area contributed by atoms with Gasteiger partial charge in [0.15, 0.2) is 0 Å². The first-order chi connectivity index (χ1) is 5.56. The van der Waals surface area contributed by atoms with Crippen molar-refractivity contribution in [3.8, 4) is 0 Å². The van der Waals surface area contributed by atoms with Gasteiger partial charge >= 0.3 is 0 Å². The Kier molecular flexibility index (Phi) is 2.52. The van der Waals surface area contributed by atoms with E-state index in [0.717, 1.165) is 17.9 Å². The van der Waals surface area contributed by atoms with Crippen molar-refractivity contribution in [3.63, 3.8) is 0 Å². The molecule has 0 aromatic carbocycles. The minimum atomic E-state index is 0.0342. The first kappa shape index (κ1) is 9.26. The fraction of sp³-hybridized carbons (Fsp3) is 0.667. The van der Waals surface area contributed by atoms with E-state index in [1.165, 1.54) is 0 Å². The molecule has 0 amide bonds. The second-order valence-electron chi connectivity index (χ2n) is 3.75. The van der Waals surface area contributed by atoms with Gasteiger partial charge in [0.2, 0.25) is 0 Å². The second-order valence-corrected chi connectivity index (χ2v) is 3.75. The van der Waals surface area contributed by atoms with Crippen molar-refractivity contribution in [2.24, 2.45) is 5.73 Å². The van der Waals surface area contributed by atoms with Crippen molar-refractivity contribution in [1.82, 2.24) is 5.16 Å². The third kappa shape index (κ3) is 1.85. The van der Waals surface area contributed by atoms with E-state index in [0.29, 0.717) is 6.54 Å². The Labute approximate surface area is 72.9 Å². The van der Waals surface area contributed by atoms with Crippen LogP contribution in [0.25, 0.3) is 0 Å². The molecule has 0 aliphatic carbocycles. The number of nitrogens with zero attached hydrogens (tertiary/aromatic N) is 1. The predicted octanol–water partition coefficient (Wildman–Crippen LogP) is 1.61. The third-order valence-corrected chi connectivity index (χ3v) is 2.09.